The Morgan fingerprint density at radius 1 is 0.273 bits per heavy atom. The number of aldehydes is 2. The molecule has 2 heterocycles. The second-order valence-corrected chi connectivity index (χ2v) is 27.4. The van der Waals surface area contributed by atoms with Gasteiger partial charge in [-0.25, -0.2) is 0 Å². The van der Waals surface area contributed by atoms with Gasteiger partial charge in [0.2, 0.25) is 0 Å². The van der Waals surface area contributed by atoms with Crippen molar-refractivity contribution < 1.29 is 9.59 Å². The van der Waals surface area contributed by atoms with Gasteiger partial charge in [0.15, 0.2) is 12.6 Å². The van der Waals surface area contributed by atoms with Gasteiger partial charge in [-0.2, -0.15) is 0 Å². The fraction of sp³-hybridized carbons (Fsp3) is 0.699. The first-order chi connectivity index (χ1) is 37.9. The molecule has 7 rings (SSSR count). The van der Waals surface area contributed by atoms with Crippen LogP contribution >= 0.6 is 22.7 Å². The van der Waals surface area contributed by atoms with Crippen LogP contribution in [0.1, 0.15) is 364 Å². The molecule has 0 bridgehead atoms. The van der Waals surface area contributed by atoms with E-state index in [1.54, 1.807) is 56.1 Å². The lowest BCUT2D eigenvalue weighted by atomic mass is 9.68. The molecule has 0 amide bonds. The normalized spacial score (nSPS) is 14.9. The summed E-state index contributed by atoms with van der Waals surface area (Å²) in [7, 11) is 0. The average Bonchev–Trinajstić information content (AvgIpc) is 4.34. The first-order valence-electron chi connectivity index (χ1n) is 33.4. The van der Waals surface area contributed by atoms with E-state index in [2.05, 4.69) is 77.9 Å². The number of hydrogen-bond donors (Lipinski definition) is 0. The number of rotatable bonds is 44. The van der Waals surface area contributed by atoms with Crippen LogP contribution in [0.4, 0.5) is 0 Å². The van der Waals surface area contributed by atoms with E-state index in [0.29, 0.717) is 0 Å². The topological polar surface area (TPSA) is 34.1 Å². The molecule has 426 valence electrons. The zero-order valence-electron chi connectivity index (χ0n) is 50.5. The number of fused-ring (bicyclic) bond motifs is 9. The molecule has 4 aromatic rings. The Labute approximate surface area is 481 Å². The Morgan fingerprint density at radius 2 is 0.481 bits per heavy atom. The lowest BCUT2D eigenvalue weighted by Crippen LogP contribution is -2.27. The summed E-state index contributed by atoms with van der Waals surface area (Å²) in [5.41, 5.74) is 15.2. The Bertz CT molecular complexity index is 2190. The summed E-state index contributed by atoms with van der Waals surface area (Å²) in [5.74, 6) is 0. The number of hydrogen-bond acceptors (Lipinski definition) is 4. The van der Waals surface area contributed by atoms with E-state index in [9.17, 15) is 9.59 Å². The molecule has 0 saturated carbocycles. The summed E-state index contributed by atoms with van der Waals surface area (Å²) >= 11 is 3.60. The van der Waals surface area contributed by atoms with E-state index in [-0.39, 0.29) is 16.2 Å². The van der Waals surface area contributed by atoms with Crippen molar-refractivity contribution in [3.63, 3.8) is 0 Å². The first-order valence-corrected chi connectivity index (χ1v) is 35.1. The number of thiophene rings is 2. The van der Waals surface area contributed by atoms with Gasteiger partial charge in [0.05, 0.1) is 9.75 Å². The average molecular weight is 1080 g/mol. The van der Waals surface area contributed by atoms with Crippen molar-refractivity contribution in [3.8, 4) is 32.0 Å². The third-order valence-electron chi connectivity index (χ3n) is 19.7. The fourth-order valence-electron chi connectivity index (χ4n) is 15.3. The molecule has 2 aromatic heterocycles. The highest BCUT2D eigenvalue weighted by atomic mass is 32.1. The van der Waals surface area contributed by atoms with Crippen LogP contribution in [-0.2, 0) is 16.2 Å². The minimum atomic E-state index is -0.0757. The molecule has 0 aliphatic heterocycles. The highest BCUT2D eigenvalue weighted by Gasteiger charge is 2.51. The van der Waals surface area contributed by atoms with Crippen molar-refractivity contribution in [3.05, 3.63) is 79.5 Å². The summed E-state index contributed by atoms with van der Waals surface area (Å²) in [4.78, 5) is 30.5. The van der Waals surface area contributed by atoms with Gasteiger partial charge in [-0.15, -0.1) is 22.7 Å². The monoisotopic (exact) mass is 1080 g/mol. The molecule has 0 fully saturated rings. The van der Waals surface area contributed by atoms with Crippen LogP contribution < -0.4 is 0 Å². The molecule has 2 aromatic carbocycles. The van der Waals surface area contributed by atoms with Crippen LogP contribution in [0.5, 0.6) is 0 Å². The largest absolute Gasteiger partial charge is 0.297 e. The molecule has 3 aliphatic rings. The van der Waals surface area contributed by atoms with Gasteiger partial charge in [-0.05, 0) is 131 Å². The van der Waals surface area contributed by atoms with Gasteiger partial charge in [0.1, 0.15) is 0 Å². The minimum absolute atomic E-state index is 0.0671. The smallest absolute Gasteiger partial charge is 0.160 e. The van der Waals surface area contributed by atoms with Crippen molar-refractivity contribution in [2.75, 3.05) is 0 Å². The van der Waals surface area contributed by atoms with E-state index >= 15 is 0 Å². The third-order valence-corrected chi connectivity index (χ3v) is 21.9. The molecular weight excluding hydrogens is 973 g/mol. The van der Waals surface area contributed by atoms with Gasteiger partial charge < -0.3 is 0 Å². The van der Waals surface area contributed by atoms with Crippen LogP contribution in [0, 0.1) is 0 Å². The maximum atomic E-state index is 12.9. The standard InChI is InChI=1S/C73H110O2S2/c1-7-13-19-25-31-37-43-71(44-38-32-26-20-14-8-2)63-53-61-65(72(45-39-33-27-21-15-9-3,46-40-34-28-22-16-10-4)67-49-57(55-74)76-69(61)67)51-59(63)60-52-66-62(54-64(60)71)70-68(50-58(56-75)77-70)73(66,47-41-35-29-23-17-11-5)48-42-36-30-24-18-12-6/h49-56H,7-48H2,1-6H3. The molecule has 3 aliphatic carbocycles. The Kier molecular flexibility index (Phi) is 25.7. The van der Waals surface area contributed by atoms with E-state index in [1.165, 1.54) is 302 Å². The Balaban J connectivity index is 1.44. The van der Waals surface area contributed by atoms with Crippen LogP contribution in [0.2, 0.25) is 0 Å². The van der Waals surface area contributed by atoms with Crippen LogP contribution in [0.3, 0.4) is 0 Å². The van der Waals surface area contributed by atoms with E-state index in [4.69, 9.17) is 0 Å². The summed E-state index contributed by atoms with van der Waals surface area (Å²) in [6.07, 6.45) is 56.4. The molecule has 2 nitrogen and oxygen atoms in total. The maximum Gasteiger partial charge on any atom is 0.160 e. The van der Waals surface area contributed by atoms with Crippen LogP contribution in [-0.4, -0.2) is 12.6 Å². The van der Waals surface area contributed by atoms with Crippen molar-refractivity contribution in [1.29, 1.82) is 0 Å². The predicted octanol–water partition coefficient (Wildman–Crippen LogP) is 24.7. The van der Waals surface area contributed by atoms with Crippen molar-refractivity contribution >= 4 is 35.2 Å². The number of carbonyl (C=O) groups is 2. The van der Waals surface area contributed by atoms with Crippen LogP contribution in [0.15, 0.2) is 36.4 Å². The van der Waals surface area contributed by atoms with Crippen molar-refractivity contribution in [1.82, 2.24) is 0 Å². The second-order valence-electron chi connectivity index (χ2n) is 25.3. The lowest BCUT2D eigenvalue weighted by Gasteiger charge is -2.35. The predicted molar refractivity (Wildman–Crippen MR) is 340 cm³/mol. The van der Waals surface area contributed by atoms with Crippen molar-refractivity contribution in [2.45, 2.75) is 327 Å². The van der Waals surface area contributed by atoms with Gasteiger partial charge in [0, 0.05) is 26.0 Å². The SMILES string of the molecule is CCCCCCCCC1(CCCCCCCC)c2cc3c(cc2-c2cc4c(cc21)-c1sc(C=O)cc1C4(CCCCCCCC)CCCCCCCC)C(CCCCCCCC)(CCCCCCCC)c1cc(C=O)sc1-3. The van der Waals surface area contributed by atoms with Gasteiger partial charge >= 0.3 is 0 Å². The molecule has 77 heavy (non-hydrogen) atoms. The molecule has 0 saturated heterocycles. The molecule has 0 unspecified atom stereocenters. The minimum Gasteiger partial charge on any atom is -0.297 e. The highest BCUT2D eigenvalue weighted by Crippen LogP contribution is 2.65. The third kappa shape index (κ3) is 14.6. The Morgan fingerprint density at radius 3 is 0.727 bits per heavy atom. The van der Waals surface area contributed by atoms with E-state index < -0.39 is 0 Å². The maximum absolute atomic E-state index is 12.9. The molecule has 0 spiro atoms. The summed E-state index contributed by atoms with van der Waals surface area (Å²) in [6, 6.07) is 16.0. The fourth-order valence-corrected chi connectivity index (χ4v) is 17.5. The van der Waals surface area contributed by atoms with E-state index in [0.717, 1.165) is 22.3 Å². The molecule has 4 heteroatoms. The molecule has 0 radical (unpaired) electrons. The van der Waals surface area contributed by atoms with Crippen molar-refractivity contribution in [2.24, 2.45) is 0 Å². The highest BCUT2D eigenvalue weighted by molar-refractivity contribution is 7.17. The lowest BCUT2D eigenvalue weighted by molar-refractivity contribution is 0.111. The van der Waals surface area contributed by atoms with Gasteiger partial charge in [0.25, 0.3) is 0 Å². The molecule has 0 atom stereocenters. The number of benzene rings is 2. The number of unbranched alkanes of at least 4 members (excludes halogenated alkanes) is 30. The summed E-state index contributed by atoms with van der Waals surface area (Å²) in [5, 5.41) is 0. The first kappa shape index (κ1) is 61.8. The van der Waals surface area contributed by atoms with Gasteiger partial charge in [-0.1, -0.05) is 273 Å². The second kappa shape index (κ2) is 32.0. The summed E-state index contributed by atoms with van der Waals surface area (Å²) in [6.45, 7) is 14.0. The van der Waals surface area contributed by atoms with Gasteiger partial charge in [-0.3, -0.25) is 9.59 Å². The molecular formula is C73H110O2S2. The Hall–Kier alpha value is -2.82. The molecule has 0 N–H and O–H groups in total. The quantitative estimate of drug-likeness (QED) is 0.0327. The van der Waals surface area contributed by atoms with E-state index in [1.807, 2.05) is 0 Å². The zero-order chi connectivity index (χ0) is 54.4. The number of carbonyl (C=O) groups excluding carboxylic acids is 2. The summed E-state index contributed by atoms with van der Waals surface area (Å²) < 4.78 is 0. The van der Waals surface area contributed by atoms with Crippen LogP contribution in [0.25, 0.3) is 32.0 Å². The zero-order valence-corrected chi connectivity index (χ0v) is 52.1.